The first-order chi connectivity index (χ1) is 1.41. The molecule has 0 saturated heterocycles. The Morgan fingerprint density at radius 3 is 1.75 bits per heavy atom. The van der Waals surface area contributed by atoms with Crippen LogP contribution < -0.4 is 0 Å². The summed E-state index contributed by atoms with van der Waals surface area (Å²) in [5.74, 6) is 0. The largest absolute Gasteiger partial charge is 0 e. The van der Waals surface area contributed by atoms with Gasteiger partial charge in [0.25, 0.3) is 0 Å². The van der Waals surface area contributed by atoms with Gasteiger partial charge in [-0.25, -0.2) is 0 Å². The fourth-order valence-corrected chi connectivity index (χ4v) is 0. The molecule has 0 rings (SSSR count). The van der Waals surface area contributed by atoms with Crippen molar-refractivity contribution in [1.29, 1.82) is 5.26 Å². The van der Waals surface area contributed by atoms with Crippen LogP contribution in [0.1, 0.15) is 0 Å². The van der Waals surface area contributed by atoms with Crippen molar-refractivity contribution in [3.8, 4) is 4.37 Å². The third kappa shape index (κ3) is 11.5. The molecular formula is CHfNTi. The Hall–Kier alpha value is 1.07. The molecule has 0 unspecified atom stereocenters. The van der Waals surface area contributed by atoms with E-state index in [0.717, 1.165) is 0 Å². The predicted octanol–water partition coefficient (Wildman–Crippen LogP) is 0.0118. The van der Waals surface area contributed by atoms with Crippen molar-refractivity contribution in [2.75, 3.05) is 0 Å². The van der Waals surface area contributed by atoms with Gasteiger partial charge in [0.15, 0.2) is 0 Å². The summed E-state index contributed by atoms with van der Waals surface area (Å²) in [5.41, 5.74) is 0. The Kier molecular flexibility index (Phi) is 19.9. The molecule has 0 aliphatic carbocycles. The van der Waals surface area contributed by atoms with Crippen molar-refractivity contribution >= 4 is 0 Å². The Labute approximate surface area is 55.6 Å². The maximum absolute atomic E-state index is 7.32. The maximum Gasteiger partial charge on any atom is 0 e. The maximum atomic E-state index is 7.32. The number of nitrogens with zero attached hydrogens (tertiary/aromatic N) is 1. The molecule has 17 valence electrons. The predicted molar refractivity (Wildman–Crippen MR) is 5.61 cm³/mol. The van der Waals surface area contributed by atoms with Crippen molar-refractivity contribution < 1.29 is 46.3 Å². The van der Waals surface area contributed by atoms with Gasteiger partial charge in [-0.2, -0.15) is 0 Å². The number of rotatable bonds is 0. The molecule has 0 bridgehead atoms. The third-order valence-electron chi connectivity index (χ3n) is 0. The second-order valence-corrected chi connectivity index (χ2v) is 0.461. The normalized spacial score (nSPS) is 1.50. The molecule has 0 aromatic rings. The molecule has 0 heterocycles. The SMILES string of the molecule is N#[C][Ti].[Hf]. The smallest absolute Gasteiger partial charge is 0 e. The second-order valence-electron chi connectivity index (χ2n) is 0.112. The molecule has 0 atom stereocenters. The zero-order chi connectivity index (χ0) is 2.71. The van der Waals surface area contributed by atoms with Crippen LogP contribution in [0.2, 0.25) is 0 Å². The summed E-state index contributed by atoms with van der Waals surface area (Å²) in [4.78, 5) is 0. The summed E-state index contributed by atoms with van der Waals surface area (Å²) in [5, 5.41) is 7.32. The minimum Gasteiger partial charge on any atom is 0 e. The minimum absolute atomic E-state index is 0. The van der Waals surface area contributed by atoms with Crippen LogP contribution in [0.15, 0.2) is 0 Å². The van der Waals surface area contributed by atoms with Gasteiger partial charge >= 0.3 is 30.1 Å². The average molecular weight is 252 g/mol. The van der Waals surface area contributed by atoms with E-state index in [0.29, 0.717) is 0 Å². The van der Waals surface area contributed by atoms with Crippen LogP contribution >= 0.6 is 0 Å². The molecule has 0 aromatic heterocycles. The van der Waals surface area contributed by atoms with E-state index in [1.54, 1.807) is 4.37 Å². The Bertz CT molecular complexity index is 29.5. The quantitative estimate of drug-likeness (QED) is 0.557. The average Bonchev–Trinajstić information content (AvgIpc) is 0.918. The molecule has 0 aliphatic heterocycles. The van der Waals surface area contributed by atoms with Crippen LogP contribution in [-0.2, 0) is 46.3 Å². The molecule has 0 aliphatic rings. The second kappa shape index (κ2) is 8.95. The van der Waals surface area contributed by atoms with Gasteiger partial charge in [-0.15, -0.1) is 0 Å². The Balaban J connectivity index is 0. The van der Waals surface area contributed by atoms with Gasteiger partial charge in [0.2, 0.25) is 0 Å². The van der Waals surface area contributed by atoms with Crippen molar-refractivity contribution in [2.24, 2.45) is 0 Å². The van der Waals surface area contributed by atoms with Gasteiger partial charge in [-0.1, -0.05) is 0 Å². The third-order valence-corrected chi connectivity index (χ3v) is 0. The summed E-state index contributed by atoms with van der Waals surface area (Å²) in [6.45, 7) is 0. The summed E-state index contributed by atoms with van der Waals surface area (Å²) in [7, 11) is 0. The zero-order valence-corrected chi connectivity index (χ0v) is 7.10. The van der Waals surface area contributed by atoms with Gasteiger partial charge in [0.1, 0.15) is 0 Å². The van der Waals surface area contributed by atoms with Gasteiger partial charge in [-0.05, 0) is 0 Å². The van der Waals surface area contributed by atoms with E-state index in [9.17, 15) is 0 Å². The first kappa shape index (κ1) is 8.91. The van der Waals surface area contributed by atoms with Gasteiger partial charge in [0, 0.05) is 25.8 Å². The fourth-order valence-electron chi connectivity index (χ4n) is 0. The van der Waals surface area contributed by atoms with E-state index < -0.39 is 0 Å². The van der Waals surface area contributed by atoms with Crippen molar-refractivity contribution in [2.45, 2.75) is 0 Å². The van der Waals surface area contributed by atoms with Crippen LogP contribution in [0.25, 0.3) is 0 Å². The van der Waals surface area contributed by atoms with E-state index in [2.05, 4.69) is 0 Å². The minimum atomic E-state index is 0. The standard InChI is InChI=1S/CN.Hf.Ti/c1-2;;. The van der Waals surface area contributed by atoms with Crippen LogP contribution in [0, 0.1) is 9.64 Å². The zero-order valence-electron chi connectivity index (χ0n) is 1.95. The summed E-state index contributed by atoms with van der Waals surface area (Å²) >= 11 is 1.43. The van der Waals surface area contributed by atoms with Crippen LogP contribution in [-0.4, -0.2) is 0 Å². The van der Waals surface area contributed by atoms with Gasteiger partial charge in [0.05, 0.1) is 0 Å². The summed E-state index contributed by atoms with van der Waals surface area (Å²) < 4.78 is 1.75. The molecule has 0 aromatic carbocycles. The van der Waals surface area contributed by atoms with E-state index in [1.165, 1.54) is 20.4 Å². The molecule has 0 radical (unpaired) electrons. The van der Waals surface area contributed by atoms with Gasteiger partial charge in [-0.3, -0.25) is 0 Å². The number of hydrogen-bond acceptors (Lipinski definition) is 1. The van der Waals surface area contributed by atoms with Crippen molar-refractivity contribution in [1.82, 2.24) is 0 Å². The van der Waals surface area contributed by atoms with Crippen LogP contribution in [0.4, 0.5) is 0 Å². The van der Waals surface area contributed by atoms with Crippen molar-refractivity contribution in [3.63, 3.8) is 0 Å². The van der Waals surface area contributed by atoms with Crippen LogP contribution in [0.5, 0.6) is 0 Å². The Morgan fingerprint density at radius 1 is 1.75 bits per heavy atom. The molecular weight excluding hydrogens is 252 g/mol. The van der Waals surface area contributed by atoms with Crippen LogP contribution in [0.3, 0.4) is 0 Å². The van der Waals surface area contributed by atoms with E-state index in [-0.39, 0.29) is 25.8 Å². The molecule has 0 spiro atoms. The topological polar surface area (TPSA) is 23.8 Å². The van der Waals surface area contributed by atoms with E-state index in [4.69, 9.17) is 5.26 Å². The van der Waals surface area contributed by atoms with Gasteiger partial charge < -0.3 is 0 Å². The van der Waals surface area contributed by atoms with Crippen molar-refractivity contribution in [3.05, 3.63) is 0 Å². The molecule has 0 N–H and O–H groups in total. The summed E-state index contributed by atoms with van der Waals surface area (Å²) in [6.07, 6.45) is 0. The van der Waals surface area contributed by atoms with E-state index >= 15 is 0 Å². The first-order valence-electron chi connectivity index (χ1n) is 0.474. The monoisotopic (exact) mass is 254 g/mol. The Morgan fingerprint density at radius 2 is 1.75 bits per heavy atom. The molecule has 3 heteroatoms. The molecule has 4 heavy (non-hydrogen) atoms. The first-order valence-corrected chi connectivity index (χ1v) is 1.25. The molecule has 0 fully saturated rings. The molecule has 0 amide bonds. The molecule has 1 nitrogen and oxygen atoms in total. The summed E-state index contributed by atoms with van der Waals surface area (Å²) in [6, 6.07) is 0. The van der Waals surface area contributed by atoms with E-state index in [1.807, 2.05) is 0 Å². The number of hydrogen-bond donors (Lipinski definition) is 0. The fraction of sp³-hybridized carbons (Fsp3) is 0. The number of nitriles is 1. The molecule has 0 saturated carbocycles.